The summed E-state index contributed by atoms with van der Waals surface area (Å²) in [6, 6.07) is 22.1. The van der Waals surface area contributed by atoms with Crippen molar-refractivity contribution in [1.29, 1.82) is 5.41 Å². The fourth-order valence-electron chi connectivity index (χ4n) is 4.45. The third-order valence-electron chi connectivity index (χ3n) is 6.38. The van der Waals surface area contributed by atoms with Gasteiger partial charge in [-0.1, -0.05) is 35.9 Å². The Balaban J connectivity index is 0.00000405. The number of Topliss-reactive ketones (excluding diaryl/α,β-unsaturated/α-hetero) is 2. The lowest BCUT2D eigenvalue weighted by Gasteiger charge is -2.12. The van der Waals surface area contributed by atoms with Crippen molar-refractivity contribution in [2.75, 3.05) is 21.3 Å². The monoisotopic (exact) mass is 588 g/mol. The molecule has 0 atom stereocenters. The number of ketones is 2. The van der Waals surface area contributed by atoms with Crippen molar-refractivity contribution in [1.82, 2.24) is 0 Å². The van der Waals surface area contributed by atoms with Crippen LogP contribution in [0.15, 0.2) is 96.3 Å². The number of hydrogen-bond acceptors (Lipinski definition) is 6. The Morgan fingerprint density at radius 1 is 0.810 bits per heavy atom. The second-order valence-corrected chi connectivity index (χ2v) is 9.54. The van der Waals surface area contributed by atoms with Gasteiger partial charge in [0.15, 0.2) is 5.96 Å². The fourth-order valence-corrected chi connectivity index (χ4v) is 4.45. The summed E-state index contributed by atoms with van der Waals surface area (Å²) in [6.07, 6.45) is 0. The average molecular weight is 589 g/mol. The van der Waals surface area contributed by atoms with E-state index in [-0.39, 0.29) is 40.9 Å². The number of benzene rings is 4. The lowest BCUT2D eigenvalue weighted by molar-refractivity contribution is 0.0960. The summed E-state index contributed by atoms with van der Waals surface area (Å²) in [5.74, 6) is -3.27. The lowest BCUT2D eigenvalue weighted by atomic mass is 9.94. The SMILES string of the molecule is Cc1cccc(C(=O)/C(C(=O)c2cc(F)cc(F)c2)=C2\Nc3ccc(NCc4ccc(NC(=N)N)cc4)cc3N2)c1.Cl. The molecule has 0 aromatic heterocycles. The molecule has 8 nitrogen and oxygen atoms in total. The largest absolute Gasteiger partial charge is 0.381 e. The van der Waals surface area contributed by atoms with Gasteiger partial charge < -0.3 is 27.0 Å². The van der Waals surface area contributed by atoms with Gasteiger partial charge in [0, 0.05) is 35.1 Å². The van der Waals surface area contributed by atoms with Crippen molar-refractivity contribution in [3.63, 3.8) is 0 Å². The van der Waals surface area contributed by atoms with E-state index in [0.717, 1.165) is 28.9 Å². The summed E-state index contributed by atoms with van der Waals surface area (Å²) in [6.45, 7) is 2.33. The molecule has 1 aliphatic heterocycles. The van der Waals surface area contributed by atoms with E-state index in [1.165, 1.54) is 0 Å². The molecule has 0 amide bonds. The van der Waals surface area contributed by atoms with Gasteiger partial charge in [0.25, 0.3) is 0 Å². The Morgan fingerprint density at radius 3 is 2.12 bits per heavy atom. The van der Waals surface area contributed by atoms with E-state index in [2.05, 4.69) is 21.3 Å². The molecule has 4 aromatic rings. The molecule has 0 saturated heterocycles. The highest BCUT2D eigenvalue weighted by molar-refractivity contribution is 6.32. The van der Waals surface area contributed by atoms with E-state index in [0.29, 0.717) is 29.7 Å². The summed E-state index contributed by atoms with van der Waals surface area (Å²) in [5, 5.41) is 19.5. The molecule has 0 aliphatic carbocycles. The molecule has 1 aliphatic rings. The minimum Gasteiger partial charge on any atom is -0.381 e. The average Bonchev–Trinajstić information content (AvgIpc) is 3.34. The van der Waals surface area contributed by atoms with Crippen LogP contribution in [0.2, 0.25) is 0 Å². The standard InChI is InChI=1S/C31H26F2N6O2.ClH/c1-17-3-2-4-19(11-17)28(40)27(29(41)20-12-21(32)14-22(33)13-20)30-38-25-10-9-24(15-26(25)39-30)36-16-18-5-7-23(8-6-18)37-31(34)35;/h2-15,36,38-39H,16H2,1H3,(H4,34,35,37);1H/b30-27-;. The molecule has 214 valence electrons. The smallest absolute Gasteiger partial charge is 0.200 e. The number of carbonyl (C=O) groups is 2. The number of nitrogens with two attached hydrogens (primary N) is 1. The molecule has 0 unspecified atom stereocenters. The van der Waals surface area contributed by atoms with E-state index in [1.54, 1.807) is 24.3 Å². The fraction of sp³-hybridized carbons (Fsp3) is 0.0645. The third-order valence-corrected chi connectivity index (χ3v) is 6.38. The van der Waals surface area contributed by atoms with Gasteiger partial charge in [0.05, 0.1) is 11.4 Å². The van der Waals surface area contributed by atoms with Gasteiger partial charge in [-0.05, 0) is 61.0 Å². The van der Waals surface area contributed by atoms with Gasteiger partial charge in [-0.3, -0.25) is 15.0 Å². The molecule has 0 bridgehead atoms. The molecule has 5 rings (SSSR count). The number of guanidine groups is 1. The number of hydrogen-bond donors (Lipinski definition) is 6. The first-order chi connectivity index (χ1) is 19.7. The van der Waals surface area contributed by atoms with Crippen LogP contribution in [0.1, 0.15) is 31.8 Å². The maximum absolute atomic E-state index is 14.0. The number of carbonyl (C=O) groups excluding carboxylic acids is 2. The van der Waals surface area contributed by atoms with Gasteiger partial charge in [-0.2, -0.15) is 0 Å². The molecule has 0 fully saturated rings. The Hall–Kier alpha value is -5.22. The van der Waals surface area contributed by atoms with Gasteiger partial charge >= 0.3 is 0 Å². The molecule has 0 spiro atoms. The molecule has 4 aromatic carbocycles. The first kappa shape index (κ1) is 29.8. The number of anilines is 4. The molecule has 7 N–H and O–H groups in total. The highest BCUT2D eigenvalue weighted by atomic mass is 35.5. The van der Waals surface area contributed by atoms with E-state index in [9.17, 15) is 18.4 Å². The van der Waals surface area contributed by atoms with E-state index in [4.69, 9.17) is 11.1 Å². The zero-order valence-electron chi connectivity index (χ0n) is 22.3. The van der Waals surface area contributed by atoms with Crippen LogP contribution >= 0.6 is 12.4 Å². The quantitative estimate of drug-likeness (QED) is 0.0349. The predicted molar refractivity (Wildman–Crippen MR) is 163 cm³/mol. The highest BCUT2D eigenvalue weighted by Gasteiger charge is 2.30. The first-order valence-electron chi connectivity index (χ1n) is 12.6. The van der Waals surface area contributed by atoms with Crippen molar-refractivity contribution in [2.24, 2.45) is 5.73 Å². The summed E-state index contributed by atoms with van der Waals surface area (Å²) in [7, 11) is 0. The second kappa shape index (κ2) is 12.5. The molecule has 42 heavy (non-hydrogen) atoms. The predicted octanol–water partition coefficient (Wildman–Crippen LogP) is 6.43. The third kappa shape index (κ3) is 6.73. The molecule has 0 radical (unpaired) electrons. The molecule has 0 saturated carbocycles. The number of rotatable bonds is 8. The van der Waals surface area contributed by atoms with Crippen LogP contribution in [-0.4, -0.2) is 17.5 Å². The Kier molecular flexibility index (Phi) is 8.87. The zero-order valence-corrected chi connectivity index (χ0v) is 23.2. The van der Waals surface area contributed by atoms with Crippen LogP contribution in [0, 0.1) is 24.0 Å². The van der Waals surface area contributed by atoms with E-state index >= 15 is 0 Å². The number of fused-ring (bicyclic) bond motifs is 1. The number of allylic oxidation sites excluding steroid dienone is 1. The van der Waals surface area contributed by atoms with Crippen LogP contribution in [0.25, 0.3) is 0 Å². The Bertz CT molecular complexity index is 1700. The highest BCUT2D eigenvalue weighted by Crippen LogP contribution is 2.35. The number of aryl methyl sites for hydroxylation is 1. The Morgan fingerprint density at radius 2 is 1.45 bits per heavy atom. The molecule has 11 heteroatoms. The van der Waals surface area contributed by atoms with E-state index in [1.807, 2.05) is 49.4 Å². The van der Waals surface area contributed by atoms with Crippen molar-refractivity contribution < 1.29 is 18.4 Å². The molecular formula is C31H27ClF2N6O2. The van der Waals surface area contributed by atoms with Crippen molar-refractivity contribution in [2.45, 2.75) is 13.5 Å². The lowest BCUT2D eigenvalue weighted by Crippen LogP contribution is -2.21. The van der Waals surface area contributed by atoms with Crippen molar-refractivity contribution >= 4 is 52.7 Å². The van der Waals surface area contributed by atoms with Crippen LogP contribution in [-0.2, 0) is 6.54 Å². The maximum atomic E-state index is 14.0. The first-order valence-corrected chi connectivity index (χ1v) is 12.6. The minimum absolute atomic E-state index is 0. The normalized spacial score (nSPS) is 12.6. The maximum Gasteiger partial charge on any atom is 0.200 e. The van der Waals surface area contributed by atoms with Gasteiger partial charge in [0.1, 0.15) is 23.0 Å². The van der Waals surface area contributed by atoms with Crippen molar-refractivity contribution in [3.8, 4) is 0 Å². The Labute approximate surface area is 246 Å². The minimum atomic E-state index is -0.920. The van der Waals surface area contributed by atoms with Gasteiger partial charge in [0.2, 0.25) is 11.6 Å². The van der Waals surface area contributed by atoms with Crippen LogP contribution < -0.4 is 27.0 Å². The number of halogens is 3. The van der Waals surface area contributed by atoms with Crippen LogP contribution in [0.5, 0.6) is 0 Å². The summed E-state index contributed by atoms with van der Waals surface area (Å²) >= 11 is 0. The van der Waals surface area contributed by atoms with E-state index < -0.39 is 23.2 Å². The van der Waals surface area contributed by atoms with Gasteiger partial charge in [-0.25, -0.2) is 8.78 Å². The molecular weight excluding hydrogens is 562 g/mol. The van der Waals surface area contributed by atoms with Crippen LogP contribution in [0.4, 0.5) is 31.5 Å². The topological polar surface area (TPSA) is 132 Å². The molecule has 1 heterocycles. The second-order valence-electron chi connectivity index (χ2n) is 9.54. The summed E-state index contributed by atoms with van der Waals surface area (Å²) < 4.78 is 28.0. The van der Waals surface area contributed by atoms with Crippen molar-refractivity contribution in [3.05, 3.63) is 130 Å². The summed E-state index contributed by atoms with van der Waals surface area (Å²) in [4.78, 5) is 27.2. The zero-order chi connectivity index (χ0) is 29.1. The number of nitrogens with one attached hydrogen (secondary N) is 5. The summed E-state index contributed by atoms with van der Waals surface area (Å²) in [5.41, 5.74) is 9.60. The van der Waals surface area contributed by atoms with Gasteiger partial charge in [-0.15, -0.1) is 12.4 Å². The van der Waals surface area contributed by atoms with Crippen LogP contribution in [0.3, 0.4) is 0 Å².